The standard InChI is InChI=1S/C22H16BrNO4S/c23-15-9-11-16(12-10-15)27-14-22(26)28-13-21(25)24-17-5-1-3-7-19(17)29-20-8-4-2-6-18(20)24/h1-12H,13-14H2. The zero-order valence-corrected chi connectivity index (χ0v) is 17.6. The minimum absolute atomic E-state index is 0.266. The second-order valence-corrected chi connectivity index (χ2v) is 8.17. The molecule has 0 N–H and O–H groups in total. The van der Waals surface area contributed by atoms with E-state index in [1.54, 1.807) is 28.8 Å². The number of carbonyl (C=O) groups is 2. The van der Waals surface area contributed by atoms with Crippen LogP contribution in [0.5, 0.6) is 5.75 Å². The van der Waals surface area contributed by atoms with Crippen LogP contribution < -0.4 is 9.64 Å². The number of hydrogen-bond acceptors (Lipinski definition) is 5. The fourth-order valence-electron chi connectivity index (χ4n) is 2.89. The molecule has 0 atom stereocenters. The Morgan fingerprint density at radius 2 is 1.41 bits per heavy atom. The van der Waals surface area contributed by atoms with Crippen molar-refractivity contribution < 1.29 is 19.1 Å². The first kappa shape index (κ1) is 19.5. The van der Waals surface area contributed by atoms with Crippen molar-refractivity contribution in [3.8, 4) is 5.75 Å². The summed E-state index contributed by atoms with van der Waals surface area (Å²) in [4.78, 5) is 28.5. The molecule has 1 amide bonds. The van der Waals surface area contributed by atoms with Gasteiger partial charge in [0, 0.05) is 14.3 Å². The number of hydrogen-bond donors (Lipinski definition) is 0. The lowest BCUT2D eigenvalue weighted by Crippen LogP contribution is -2.33. The van der Waals surface area contributed by atoms with E-state index in [1.807, 2.05) is 60.7 Å². The van der Waals surface area contributed by atoms with Gasteiger partial charge in [0.05, 0.1) is 11.4 Å². The lowest BCUT2D eigenvalue weighted by atomic mass is 10.2. The van der Waals surface area contributed by atoms with E-state index in [4.69, 9.17) is 9.47 Å². The highest BCUT2D eigenvalue weighted by atomic mass is 79.9. The largest absolute Gasteiger partial charge is 0.482 e. The molecule has 4 rings (SSSR count). The van der Waals surface area contributed by atoms with Crippen LogP contribution in [0, 0.1) is 0 Å². The lowest BCUT2D eigenvalue weighted by molar-refractivity contribution is -0.149. The van der Waals surface area contributed by atoms with Crippen molar-refractivity contribution >= 4 is 50.9 Å². The summed E-state index contributed by atoms with van der Waals surface area (Å²) in [6, 6.07) is 22.4. The third-order valence-corrected chi connectivity index (χ3v) is 5.87. The molecule has 1 heterocycles. The average molecular weight is 470 g/mol. The molecule has 0 aliphatic carbocycles. The Balaban J connectivity index is 1.42. The summed E-state index contributed by atoms with van der Waals surface area (Å²) in [5, 5.41) is 0. The van der Waals surface area contributed by atoms with Gasteiger partial charge in [0.25, 0.3) is 5.91 Å². The number of nitrogens with zero attached hydrogens (tertiary/aromatic N) is 1. The lowest BCUT2D eigenvalue weighted by Gasteiger charge is -2.30. The van der Waals surface area contributed by atoms with Gasteiger partial charge in [-0.25, -0.2) is 4.79 Å². The van der Waals surface area contributed by atoms with E-state index in [0.717, 1.165) is 25.6 Å². The molecule has 0 fully saturated rings. The second kappa shape index (κ2) is 8.71. The topological polar surface area (TPSA) is 55.8 Å². The van der Waals surface area contributed by atoms with Gasteiger partial charge in [-0.05, 0) is 48.5 Å². The van der Waals surface area contributed by atoms with E-state index in [-0.39, 0.29) is 19.1 Å². The third-order valence-electron chi connectivity index (χ3n) is 4.21. The van der Waals surface area contributed by atoms with Gasteiger partial charge in [-0.15, -0.1) is 0 Å². The van der Waals surface area contributed by atoms with Crippen molar-refractivity contribution in [2.24, 2.45) is 0 Å². The number of amides is 1. The molecule has 146 valence electrons. The summed E-state index contributed by atoms with van der Waals surface area (Å²) in [5.41, 5.74) is 1.56. The Bertz CT molecular complexity index is 1010. The van der Waals surface area contributed by atoms with Gasteiger partial charge in [-0.2, -0.15) is 0 Å². The van der Waals surface area contributed by atoms with Gasteiger partial charge in [-0.3, -0.25) is 9.69 Å². The molecule has 3 aromatic carbocycles. The fraction of sp³-hybridized carbons (Fsp3) is 0.0909. The van der Waals surface area contributed by atoms with E-state index in [1.165, 1.54) is 0 Å². The molecule has 7 heteroatoms. The van der Waals surface area contributed by atoms with Crippen LogP contribution in [0.25, 0.3) is 0 Å². The van der Waals surface area contributed by atoms with Crippen molar-refractivity contribution in [2.75, 3.05) is 18.1 Å². The highest BCUT2D eigenvalue weighted by Crippen LogP contribution is 2.47. The summed E-state index contributed by atoms with van der Waals surface area (Å²) < 4.78 is 11.5. The maximum Gasteiger partial charge on any atom is 0.344 e. The molecule has 0 unspecified atom stereocenters. The first-order valence-electron chi connectivity index (χ1n) is 8.85. The molecule has 29 heavy (non-hydrogen) atoms. The van der Waals surface area contributed by atoms with E-state index < -0.39 is 5.97 Å². The zero-order chi connectivity index (χ0) is 20.2. The Hall–Kier alpha value is -2.77. The van der Waals surface area contributed by atoms with Crippen LogP contribution in [0.3, 0.4) is 0 Å². The monoisotopic (exact) mass is 469 g/mol. The molecule has 1 aliphatic heterocycles. The summed E-state index contributed by atoms with van der Waals surface area (Å²) in [6.07, 6.45) is 0. The van der Waals surface area contributed by atoms with Gasteiger partial charge in [0.15, 0.2) is 13.2 Å². The maximum absolute atomic E-state index is 12.9. The number of rotatable bonds is 5. The van der Waals surface area contributed by atoms with E-state index in [2.05, 4.69) is 15.9 Å². The molecule has 3 aromatic rings. The quantitative estimate of drug-likeness (QED) is 0.480. The molecule has 5 nitrogen and oxygen atoms in total. The number of para-hydroxylation sites is 2. The van der Waals surface area contributed by atoms with Crippen LogP contribution in [-0.2, 0) is 14.3 Å². The number of fused-ring (bicyclic) bond motifs is 2. The van der Waals surface area contributed by atoms with E-state index in [9.17, 15) is 9.59 Å². The van der Waals surface area contributed by atoms with Crippen molar-refractivity contribution in [3.05, 3.63) is 77.3 Å². The van der Waals surface area contributed by atoms with Crippen molar-refractivity contribution in [1.29, 1.82) is 0 Å². The van der Waals surface area contributed by atoms with Gasteiger partial charge in [0.1, 0.15) is 5.75 Å². The zero-order valence-electron chi connectivity index (χ0n) is 15.2. The van der Waals surface area contributed by atoms with Crippen LogP contribution in [0.15, 0.2) is 87.1 Å². The molecule has 1 aliphatic rings. The van der Waals surface area contributed by atoms with E-state index >= 15 is 0 Å². The van der Waals surface area contributed by atoms with Crippen LogP contribution in [0.2, 0.25) is 0 Å². The highest BCUT2D eigenvalue weighted by Gasteiger charge is 2.28. The predicted molar refractivity (Wildman–Crippen MR) is 115 cm³/mol. The SMILES string of the molecule is O=C(COc1ccc(Br)cc1)OCC(=O)N1c2ccccc2Sc2ccccc21. The predicted octanol–water partition coefficient (Wildman–Crippen LogP) is 5.20. The van der Waals surface area contributed by atoms with Crippen LogP contribution in [-0.4, -0.2) is 25.1 Å². The minimum atomic E-state index is -0.603. The Labute approximate surface area is 180 Å². The van der Waals surface area contributed by atoms with Gasteiger partial charge >= 0.3 is 5.97 Å². The maximum atomic E-state index is 12.9. The van der Waals surface area contributed by atoms with Gasteiger partial charge < -0.3 is 9.47 Å². The highest BCUT2D eigenvalue weighted by molar-refractivity contribution is 9.10. The minimum Gasteiger partial charge on any atom is -0.482 e. The normalized spacial score (nSPS) is 12.0. The number of halogens is 1. The molecule has 0 saturated carbocycles. The van der Waals surface area contributed by atoms with Crippen molar-refractivity contribution in [2.45, 2.75) is 9.79 Å². The summed E-state index contributed by atoms with van der Waals surface area (Å²) in [5.74, 6) is -0.371. The van der Waals surface area contributed by atoms with Gasteiger partial charge in [0.2, 0.25) is 0 Å². The summed E-state index contributed by atoms with van der Waals surface area (Å²) in [7, 11) is 0. The molecule has 0 aromatic heterocycles. The van der Waals surface area contributed by atoms with Crippen LogP contribution in [0.4, 0.5) is 11.4 Å². The smallest absolute Gasteiger partial charge is 0.344 e. The third kappa shape index (κ3) is 4.46. The molecule has 0 radical (unpaired) electrons. The van der Waals surface area contributed by atoms with Crippen molar-refractivity contribution in [3.63, 3.8) is 0 Å². The van der Waals surface area contributed by atoms with Crippen LogP contribution >= 0.6 is 27.7 Å². The Morgan fingerprint density at radius 1 is 0.828 bits per heavy atom. The first-order valence-corrected chi connectivity index (χ1v) is 10.5. The number of ether oxygens (including phenoxy) is 2. The number of carbonyl (C=O) groups excluding carboxylic acids is 2. The van der Waals surface area contributed by atoms with Gasteiger partial charge in [-0.1, -0.05) is 52.0 Å². The molecular weight excluding hydrogens is 454 g/mol. The molecule has 0 bridgehead atoms. The Morgan fingerprint density at radius 3 is 2.03 bits per heavy atom. The number of anilines is 2. The average Bonchev–Trinajstić information content (AvgIpc) is 2.75. The first-order chi connectivity index (χ1) is 14.1. The van der Waals surface area contributed by atoms with E-state index in [0.29, 0.717) is 5.75 Å². The molecule has 0 spiro atoms. The fourth-order valence-corrected chi connectivity index (χ4v) is 4.22. The number of esters is 1. The van der Waals surface area contributed by atoms with Crippen molar-refractivity contribution in [1.82, 2.24) is 0 Å². The molecular formula is C22H16BrNO4S. The Kier molecular flexibility index (Phi) is 5.87. The molecule has 0 saturated heterocycles. The second-order valence-electron chi connectivity index (χ2n) is 6.17. The van der Waals surface area contributed by atoms with Crippen LogP contribution in [0.1, 0.15) is 0 Å². The number of benzene rings is 3. The summed E-state index contributed by atoms with van der Waals surface area (Å²) >= 11 is 4.95. The summed E-state index contributed by atoms with van der Waals surface area (Å²) in [6.45, 7) is -0.631.